The highest BCUT2D eigenvalue weighted by Crippen LogP contribution is 2.26. The number of benzene rings is 1. The number of hydrogen-bond acceptors (Lipinski definition) is 4. The Morgan fingerprint density at radius 3 is 2.68 bits per heavy atom. The van der Waals surface area contributed by atoms with E-state index in [1.165, 1.54) is 17.9 Å². The van der Waals surface area contributed by atoms with Crippen molar-refractivity contribution in [2.24, 2.45) is 7.05 Å². The Morgan fingerprint density at radius 1 is 1.47 bits per heavy atom. The number of nitrogens with two attached hydrogens (primary N) is 1. The van der Waals surface area contributed by atoms with Crippen molar-refractivity contribution in [2.75, 3.05) is 10.5 Å². The van der Waals surface area contributed by atoms with E-state index in [0.29, 0.717) is 15.8 Å². The first kappa shape index (κ1) is 14.2. The van der Waals surface area contributed by atoms with Gasteiger partial charge >= 0.3 is 0 Å². The lowest BCUT2D eigenvalue weighted by Crippen LogP contribution is -2.17. The largest absolute Gasteiger partial charge is 0.398 e. The van der Waals surface area contributed by atoms with Crippen molar-refractivity contribution >= 4 is 48.9 Å². The predicted molar refractivity (Wildman–Crippen MR) is 77.6 cm³/mol. The van der Waals surface area contributed by atoms with E-state index in [4.69, 9.17) is 17.3 Å². The van der Waals surface area contributed by atoms with E-state index in [0.717, 1.165) is 0 Å². The zero-order valence-corrected chi connectivity index (χ0v) is 12.9. The van der Waals surface area contributed by atoms with Crippen molar-refractivity contribution in [2.45, 2.75) is 5.03 Å². The molecule has 0 radical (unpaired) electrons. The molecule has 102 valence electrons. The Bertz CT molecular complexity index is 710. The molecule has 2 rings (SSSR count). The summed E-state index contributed by atoms with van der Waals surface area (Å²) in [5.74, 6) is 0. The molecule has 0 spiro atoms. The van der Waals surface area contributed by atoms with Gasteiger partial charge < -0.3 is 5.73 Å². The summed E-state index contributed by atoms with van der Waals surface area (Å²) in [6.45, 7) is 0. The first-order valence-corrected chi connectivity index (χ1v) is 7.72. The Balaban J connectivity index is 2.39. The number of aryl methyl sites for hydroxylation is 1. The molecule has 1 aromatic carbocycles. The van der Waals surface area contributed by atoms with Gasteiger partial charge in [-0.2, -0.15) is 13.5 Å². The third-order valence-electron chi connectivity index (χ3n) is 2.35. The smallest absolute Gasteiger partial charge is 0.280 e. The number of nitrogens with zero attached hydrogens (tertiary/aromatic N) is 2. The van der Waals surface area contributed by atoms with Crippen molar-refractivity contribution < 1.29 is 8.42 Å². The maximum Gasteiger partial charge on any atom is 0.280 e. The molecule has 0 saturated heterocycles. The molecule has 1 aromatic heterocycles. The molecular weight excluding hydrogens is 356 g/mol. The van der Waals surface area contributed by atoms with Gasteiger partial charge in [-0.15, -0.1) is 0 Å². The summed E-state index contributed by atoms with van der Waals surface area (Å²) in [4.78, 5) is 0. The number of rotatable bonds is 3. The van der Waals surface area contributed by atoms with E-state index in [1.807, 2.05) is 0 Å². The van der Waals surface area contributed by atoms with Crippen molar-refractivity contribution in [3.8, 4) is 0 Å². The third-order valence-corrected chi connectivity index (χ3v) is 4.92. The molecule has 0 fully saturated rings. The number of sulfonamides is 1. The normalized spacial score (nSPS) is 11.5. The minimum atomic E-state index is -3.80. The van der Waals surface area contributed by atoms with Crippen LogP contribution in [0.1, 0.15) is 0 Å². The van der Waals surface area contributed by atoms with Gasteiger partial charge in [-0.25, -0.2) is 0 Å². The van der Waals surface area contributed by atoms with Crippen LogP contribution < -0.4 is 10.5 Å². The highest BCUT2D eigenvalue weighted by molar-refractivity contribution is 9.10. The van der Waals surface area contributed by atoms with E-state index < -0.39 is 10.0 Å². The van der Waals surface area contributed by atoms with Crippen molar-refractivity contribution in [3.05, 3.63) is 33.9 Å². The average Bonchev–Trinajstić information content (AvgIpc) is 2.64. The van der Waals surface area contributed by atoms with Crippen LogP contribution in [0.15, 0.2) is 33.9 Å². The van der Waals surface area contributed by atoms with Gasteiger partial charge in [0.15, 0.2) is 5.03 Å². The highest BCUT2D eigenvalue weighted by atomic mass is 79.9. The van der Waals surface area contributed by atoms with Gasteiger partial charge in [-0.05, 0) is 34.1 Å². The van der Waals surface area contributed by atoms with Crippen LogP contribution in [0, 0.1) is 0 Å². The number of nitrogen functional groups attached to an aromatic ring is 1. The second-order valence-electron chi connectivity index (χ2n) is 3.76. The molecule has 3 N–H and O–H groups in total. The van der Waals surface area contributed by atoms with Crippen LogP contribution in [0.4, 0.5) is 11.4 Å². The maximum absolute atomic E-state index is 12.2. The monoisotopic (exact) mass is 364 g/mol. The first-order valence-electron chi connectivity index (χ1n) is 5.06. The van der Waals surface area contributed by atoms with E-state index in [9.17, 15) is 8.42 Å². The average molecular weight is 366 g/mol. The molecule has 6 nitrogen and oxygen atoms in total. The van der Waals surface area contributed by atoms with Crippen LogP contribution in [0.5, 0.6) is 0 Å². The van der Waals surface area contributed by atoms with Gasteiger partial charge in [0.05, 0.1) is 16.9 Å². The van der Waals surface area contributed by atoms with Crippen LogP contribution in [0.3, 0.4) is 0 Å². The minimum absolute atomic E-state index is 0.0597. The summed E-state index contributed by atoms with van der Waals surface area (Å²) in [6, 6.07) is 4.71. The number of anilines is 2. The predicted octanol–water partition coefficient (Wildman–Crippen LogP) is 2.22. The lowest BCUT2D eigenvalue weighted by molar-refractivity contribution is 0.582. The lowest BCUT2D eigenvalue weighted by Gasteiger charge is -2.09. The van der Waals surface area contributed by atoms with Crippen molar-refractivity contribution in [1.29, 1.82) is 0 Å². The molecule has 1 heterocycles. The van der Waals surface area contributed by atoms with Crippen LogP contribution >= 0.6 is 27.5 Å². The minimum Gasteiger partial charge on any atom is -0.398 e. The summed E-state index contributed by atoms with van der Waals surface area (Å²) >= 11 is 9.05. The van der Waals surface area contributed by atoms with Crippen LogP contribution in [-0.4, -0.2) is 18.2 Å². The number of aromatic nitrogens is 2. The fourth-order valence-corrected chi connectivity index (χ4v) is 3.58. The topological polar surface area (TPSA) is 90.0 Å². The van der Waals surface area contributed by atoms with E-state index >= 15 is 0 Å². The Morgan fingerprint density at radius 2 is 2.16 bits per heavy atom. The summed E-state index contributed by atoms with van der Waals surface area (Å²) in [6.07, 6.45) is 1.27. The number of nitrogens with one attached hydrogen (secondary N) is 1. The third kappa shape index (κ3) is 2.85. The van der Waals surface area contributed by atoms with Gasteiger partial charge in [0.2, 0.25) is 0 Å². The summed E-state index contributed by atoms with van der Waals surface area (Å²) in [7, 11) is -2.30. The second kappa shape index (κ2) is 5.03. The maximum atomic E-state index is 12.2. The molecular formula is C10H10BrClN4O2S. The van der Waals surface area contributed by atoms with Gasteiger partial charge in [-0.1, -0.05) is 11.6 Å². The Labute approximate surface area is 123 Å². The lowest BCUT2D eigenvalue weighted by atomic mass is 10.3. The quantitative estimate of drug-likeness (QED) is 0.816. The Hall–Kier alpha value is -1.25. The molecule has 0 amide bonds. The van der Waals surface area contributed by atoms with E-state index in [-0.39, 0.29) is 10.0 Å². The summed E-state index contributed by atoms with van der Waals surface area (Å²) < 4.78 is 28.6. The van der Waals surface area contributed by atoms with Gasteiger partial charge in [0, 0.05) is 17.2 Å². The van der Waals surface area contributed by atoms with Gasteiger partial charge in [0.1, 0.15) is 0 Å². The molecule has 9 heteroatoms. The zero-order valence-electron chi connectivity index (χ0n) is 9.76. The fraction of sp³-hybridized carbons (Fsp3) is 0.100. The first-order chi connectivity index (χ1) is 8.81. The van der Waals surface area contributed by atoms with Crippen molar-refractivity contribution in [1.82, 2.24) is 9.78 Å². The van der Waals surface area contributed by atoms with E-state index in [2.05, 4.69) is 25.8 Å². The molecule has 0 unspecified atom stereocenters. The van der Waals surface area contributed by atoms with Gasteiger partial charge in [0.25, 0.3) is 10.0 Å². The van der Waals surface area contributed by atoms with Crippen LogP contribution in [0.2, 0.25) is 5.02 Å². The number of hydrogen-bond donors (Lipinski definition) is 2. The summed E-state index contributed by atoms with van der Waals surface area (Å²) in [5.41, 5.74) is 6.52. The highest BCUT2D eigenvalue weighted by Gasteiger charge is 2.22. The van der Waals surface area contributed by atoms with E-state index in [1.54, 1.807) is 18.2 Å². The molecule has 19 heavy (non-hydrogen) atoms. The van der Waals surface area contributed by atoms with Crippen LogP contribution in [0.25, 0.3) is 0 Å². The molecule has 0 aliphatic rings. The fourth-order valence-electron chi connectivity index (χ4n) is 1.50. The number of halogens is 2. The molecule has 0 aliphatic heterocycles. The summed E-state index contributed by atoms with van der Waals surface area (Å²) in [5, 5.41) is 3.76. The van der Waals surface area contributed by atoms with Crippen molar-refractivity contribution in [3.63, 3.8) is 0 Å². The molecule has 0 saturated carbocycles. The van der Waals surface area contributed by atoms with Crippen LogP contribution in [-0.2, 0) is 17.1 Å². The Kier molecular flexibility index (Phi) is 3.75. The molecule has 0 aliphatic carbocycles. The standard InChI is InChI=1S/C10H10BrClN4O2S/c1-16-10(8(12)5-14-16)19(17,18)15-6-2-3-9(13)7(11)4-6/h2-5,15H,13H2,1H3. The molecule has 0 bridgehead atoms. The van der Waals surface area contributed by atoms with Gasteiger partial charge in [-0.3, -0.25) is 9.40 Å². The molecule has 0 atom stereocenters. The zero-order chi connectivity index (χ0) is 14.2. The SMILES string of the molecule is Cn1ncc(Cl)c1S(=O)(=O)Nc1ccc(N)c(Br)c1. The second-order valence-corrected chi connectivity index (χ2v) is 6.62. The molecule has 2 aromatic rings.